The molecule has 1 aliphatic heterocycles. The van der Waals surface area contributed by atoms with Gasteiger partial charge in [0.1, 0.15) is 5.75 Å². The number of carbonyl (C=O) groups is 2. The highest BCUT2D eigenvalue weighted by Crippen LogP contribution is 2.27. The van der Waals surface area contributed by atoms with Gasteiger partial charge in [0.25, 0.3) is 5.91 Å². The number of aliphatic carboxylic acids is 1. The number of hydrogen-bond donors (Lipinski definition) is 1. The predicted molar refractivity (Wildman–Crippen MR) is 85.1 cm³/mol. The molecule has 1 amide bonds. The number of carboxylic acid groups (broad SMARTS) is 1. The number of nitrogens with zero attached hydrogens (tertiary/aromatic N) is 1. The normalized spacial score (nSPS) is 19.3. The SMILES string of the molecule is C[C@@H](Oc1ccc(Cl)c(Cl)c1)C(=O)N1CCO[C@@H](CC(=O)O)C1. The molecule has 2 rings (SSSR count). The number of halogens is 2. The number of ether oxygens (including phenoxy) is 2. The lowest BCUT2D eigenvalue weighted by Gasteiger charge is -2.33. The Hall–Kier alpha value is -1.50. The first-order valence-electron chi connectivity index (χ1n) is 7.10. The Balaban J connectivity index is 1.95. The molecule has 0 unspecified atom stereocenters. The summed E-state index contributed by atoms with van der Waals surface area (Å²) >= 11 is 11.7. The van der Waals surface area contributed by atoms with E-state index in [1.165, 1.54) is 0 Å². The minimum Gasteiger partial charge on any atom is -0.481 e. The summed E-state index contributed by atoms with van der Waals surface area (Å²) in [4.78, 5) is 24.7. The van der Waals surface area contributed by atoms with Crippen LogP contribution in [-0.2, 0) is 14.3 Å². The second-order valence-corrected chi connectivity index (χ2v) is 6.03. The molecule has 0 bridgehead atoms. The average molecular weight is 362 g/mol. The van der Waals surface area contributed by atoms with Crippen molar-refractivity contribution in [1.82, 2.24) is 4.90 Å². The molecule has 0 radical (unpaired) electrons. The molecule has 6 nitrogen and oxygen atoms in total. The van der Waals surface area contributed by atoms with Gasteiger partial charge in [0.15, 0.2) is 6.10 Å². The maximum atomic E-state index is 12.4. The fourth-order valence-corrected chi connectivity index (χ4v) is 2.59. The van der Waals surface area contributed by atoms with Crippen LogP contribution in [0.4, 0.5) is 0 Å². The highest BCUT2D eigenvalue weighted by Gasteiger charge is 2.29. The summed E-state index contributed by atoms with van der Waals surface area (Å²) in [5.41, 5.74) is 0. The highest BCUT2D eigenvalue weighted by atomic mass is 35.5. The first kappa shape index (κ1) is 17.8. The number of rotatable bonds is 5. The molecule has 23 heavy (non-hydrogen) atoms. The van der Waals surface area contributed by atoms with E-state index in [1.54, 1.807) is 30.0 Å². The van der Waals surface area contributed by atoms with E-state index >= 15 is 0 Å². The van der Waals surface area contributed by atoms with Gasteiger partial charge in [-0.2, -0.15) is 0 Å². The molecular weight excluding hydrogens is 345 g/mol. The number of carbonyl (C=O) groups excluding carboxylic acids is 1. The second kappa shape index (κ2) is 7.86. The van der Waals surface area contributed by atoms with E-state index in [4.69, 9.17) is 37.8 Å². The van der Waals surface area contributed by atoms with Gasteiger partial charge >= 0.3 is 5.97 Å². The number of hydrogen-bond acceptors (Lipinski definition) is 4. The fraction of sp³-hybridized carbons (Fsp3) is 0.467. The Kier molecular flexibility index (Phi) is 6.10. The van der Waals surface area contributed by atoms with Crippen molar-refractivity contribution in [1.29, 1.82) is 0 Å². The Labute approximate surface area is 143 Å². The summed E-state index contributed by atoms with van der Waals surface area (Å²) in [5.74, 6) is -0.741. The van der Waals surface area contributed by atoms with Crippen LogP contribution >= 0.6 is 23.2 Å². The van der Waals surface area contributed by atoms with Gasteiger partial charge in [0, 0.05) is 19.2 Å². The maximum Gasteiger partial charge on any atom is 0.306 e. The number of carboxylic acids is 1. The van der Waals surface area contributed by atoms with Crippen LogP contribution in [0, 0.1) is 0 Å². The van der Waals surface area contributed by atoms with Crippen LogP contribution in [0.2, 0.25) is 10.0 Å². The van der Waals surface area contributed by atoms with Crippen molar-refractivity contribution in [3.05, 3.63) is 28.2 Å². The second-order valence-electron chi connectivity index (χ2n) is 5.21. The molecule has 1 aromatic rings. The molecule has 1 aliphatic rings. The van der Waals surface area contributed by atoms with Gasteiger partial charge in [-0.15, -0.1) is 0 Å². The van der Waals surface area contributed by atoms with Crippen LogP contribution in [0.5, 0.6) is 5.75 Å². The number of benzene rings is 1. The molecule has 0 saturated carbocycles. The molecule has 2 atom stereocenters. The lowest BCUT2D eigenvalue weighted by molar-refractivity contribution is -0.151. The molecule has 1 aromatic carbocycles. The smallest absolute Gasteiger partial charge is 0.306 e. The number of amides is 1. The van der Waals surface area contributed by atoms with E-state index < -0.39 is 18.2 Å². The lowest BCUT2D eigenvalue weighted by Crippen LogP contribution is -2.50. The third-order valence-corrected chi connectivity index (χ3v) is 4.14. The van der Waals surface area contributed by atoms with E-state index in [0.29, 0.717) is 28.9 Å². The first-order chi connectivity index (χ1) is 10.9. The maximum absolute atomic E-state index is 12.4. The van der Waals surface area contributed by atoms with Crippen molar-refractivity contribution >= 4 is 35.1 Å². The predicted octanol–water partition coefficient (Wildman–Crippen LogP) is 2.46. The third-order valence-electron chi connectivity index (χ3n) is 3.40. The molecule has 1 fully saturated rings. The van der Waals surface area contributed by atoms with Crippen molar-refractivity contribution in [2.45, 2.75) is 25.6 Å². The molecular formula is C15H17Cl2NO5. The van der Waals surface area contributed by atoms with Crippen LogP contribution in [0.1, 0.15) is 13.3 Å². The minimum atomic E-state index is -0.954. The summed E-state index contributed by atoms with van der Waals surface area (Å²) in [6.45, 7) is 2.58. The summed E-state index contributed by atoms with van der Waals surface area (Å²) in [6.07, 6.45) is -1.36. The summed E-state index contributed by atoms with van der Waals surface area (Å²) in [7, 11) is 0. The minimum absolute atomic E-state index is 0.133. The molecule has 0 aliphatic carbocycles. The van der Waals surface area contributed by atoms with Crippen LogP contribution in [0.3, 0.4) is 0 Å². The molecule has 0 spiro atoms. The Morgan fingerprint density at radius 3 is 2.83 bits per heavy atom. The topological polar surface area (TPSA) is 76.1 Å². The van der Waals surface area contributed by atoms with Crippen molar-refractivity contribution in [3.8, 4) is 5.75 Å². The van der Waals surface area contributed by atoms with Gasteiger partial charge in [-0.25, -0.2) is 0 Å². The fourth-order valence-electron chi connectivity index (χ4n) is 2.30. The molecule has 1 N–H and O–H groups in total. The highest BCUT2D eigenvalue weighted by molar-refractivity contribution is 6.42. The average Bonchev–Trinajstić information content (AvgIpc) is 2.49. The van der Waals surface area contributed by atoms with Crippen molar-refractivity contribution in [2.24, 2.45) is 0 Å². The Bertz CT molecular complexity index is 595. The zero-order chi connectivity index (χ0) is 17.0. The molecule has 8 heteroatoms. The van der Waals surface area contributed by atoms with E-state index in [1.807, 2.05) is 0 Å². The molecule has 126 valence electrons. The van der Waals surface area contributed by atoms with Gasteiger partial charge in [0.2, 0.25) is 0 Å². The van der Waals surface area contributed by atoms with Gasteiger partial charge < -0.3 is 19.5 Å². The number of morpholine rings is 1. The lowest BCUT2D eigenvalue weighted by atomic mass is 10.2. The molecule has 0 aromatic heterocycles. The van der Waals surface area contributed by atoms with E-state index in [2.05, 4.69) is 0 Å². The summed E-state index contributed by atoms with van der Waals surface area (Å²) < 4.78 is 10.9. The standard InChI is InChI=1S/C15H17Cl2NO5/c1-9(23-10-2-3-12(16)13(17)6-10)15(21)18-4-5-22-11(8-18)7-14(19)20/h2-3,6,9,11H,4-5,7-8H2,1H3,(H,19,20)/t9-,11+/m1/s1. The zero-order valence-corrected chi connectivity index (χ0v) is 14.0. The van der Waals surface area contributed by atoms with Crippen molar-refractivity contribution in [3.63, 3.8) is 0 Å². The first-order valence-corrected chi connectivity index (χ1v) is 7.86. The monoisotopic (exact) mass is 361 g/mol. The Morgan fingerprint density at radius 1 is 1.43 bits per heavy atom. The zero-order valence-electron chi connectivity index (χ0n) is 12.5. The summed E-state index contributed by atoms with van der Waals surface area (Å²) in [6, 6.07) is 4.76. The van der Waals surface area contributed by atoms with Gasteiger partial charge in [-0.05, 0) is 19.1 Å². The van der Waals surface area contributed by atoms with E-state index in [0.717, 1.165) is 0 Å². The van der Waals surface area contributed by atoms with Gasteiger partial charge in [0.05, 0.1) is 29.2 Å². The largest absolute Gasteiger partial charge is 0.481 e. The van der Waals surface area contributed by atoms with Crippen LogP contribution in [0.25, 0.3) is 0 Å². The molecule has 1 saturated heterocycles. The summed E-state index contributed by atoms with van der Waals surface area (Å²) in [5, 5.41) is 9.56. The molecule has 1 heterocycles. The van der Waals surface area contributed by atoms with E-state index in [-0.39, 0.29) is 18.9 Å². The van der Waals surface area contributed by atoms with Crippen molar-refractivity contribution < 1.29 is 24.2 Å². The third kappa shape index (κ3) is 4.99. The van der Waals surface area contributed by atoms with Gasteiger partial charge in [-0.1, -0.05) is 23.2 Å². The van der Waals surface area contributed by atoms with E-state index in [9.17, 15) is 9.59 Å². The van der Waals surface area contributed by atoms with Gasteiger partial charge in [-0.3, -0.25) is 9.59 Å². The van der Waals surface area contributed by atoms with Crippen molar-refractivity contribution in [2.75, 3.05) is 19.7 Å². The van der Waals surface area contributed by atoms with Crippen LogP contribution < -0.4 is 4.74 Å². The quantitative estimate of drug-likeness (QED) is 0.871. The van der Waals surface area contributed by atoms with Crippen LogP contribution in [-0.4, -0.2) is 53.8 Å². The van der Waals surface area contributed by atoms with Crippen LogP contribution in [0.15, 0.2) is 18.2 Å². The Morgan fingerprint density at radius 2 is 2.17 bits per heavy atom.